The summed E-state index contributed by atoms with van der Waals surface area (Å²) in [4.78, 5) is 25.3. The molecule has 6 heteroatoms. The van der Waals surface area contributed by atoms with Gasteiger partial charge in [0.05, 0.1) is 12.5 Å². The van der Waals surface area contributed by atoms with Gasteiger partial charge in [-0.15, -0.1) is 12.4 Å². The summed E-state index contributed by atoms with van der Waals surface area (Å²) in [6.07, 6.45) is 4.62. The zero-order valence-corrected chi connectivity index (χ0v) is 17.6. The number of carbonyl (C=O) groups is 2. The van der Waals surface area contributed by atoms with Crippen molar-refractivity contribution in [1.82, 2.24) is 10.6 Å². The van der Waals surface area contributed by atoms with E-state index in [1.54, 1.807) is 0 Å². The molecule has 2 amide bonds. The number of halogens is 1. The van der Waals surface area contributed by atoms with Gasteiger partial charge in [-0.2, -0.15) is 0 Å². The lowest BCUT2D eigenvalue weighted by Crippen LogP contribution is -2.48. The molecule has 1 aliphatic rings. The number of fused-ring (bicyclic) bond motifs is 1. The van der Waals surface area contributed by atoms with E-state index in [-0.39, 0.29) is 36.7 Å². The maximum absolute atomic E-state index is 12.9. The molecule has 0 aromatic heterocycles. The van der Waals surface area contributed by atoms with Crippen LogP contribution in [0.1, 0.15) is 55.3 Å². The van der Waals surface area contributed by atoms with E-state index >= 15 is 0 Å². The van der Waals surface area contributed by atoms with Crippen LogP contribution >= 0.6 is 12.4 Å². The smallest absolute Gasteiger partial charge is 0.243 e. The predicted octanol–water partition coefficient (Wildman–Crippen LogP) is 3.71. The van der Waals surface area contributed by atoms with Gasteiger partial charge in [0, 0.05) is 5.69 Å². The molecule has 0 aliphatic heterocycles. The summed E-state index contributed by atoms with van der Waals surface area (Å²) in [7, 11) is 0. The monoisotopic (exact) mass is 415 g/mol. The van der Waals surface area contributed by atoms with Crippen LogP contribution in [0.3, 0.4) is 0 Å². The van der Waals surface area contributed by atoms with E-state index in [1.165, 1.54) is 5.56 Å². The van der Waals surface area contributed by atoms with Crippen LogP contribution in [0.15, 0.2) is 48.5 Å². The van der Waals surface area contributed by atoms with Crippen LogP contribution in [0.2, 0.25) is 0 Å². The van der Waals surface area contributed by atoms with Gasteiger partial charge in [0.25, 0.3) is 0 Å². The zero-order chi connectivity index (χ0) is 19.9. The summed E-state index contributed by atoms with van der Waals surface area (Å²) >= 11 is 0. The maximum Gasteiger partial charge on any atom is 0.243 e. The summed E-state index contributed by atoms with van der Waals surface area (Å²) in [5.41, 5.74) is 9.94. The third-order valence-corrected chi connectivity index (χ3v) is 5.23. The average Bonchev–Trinajstić information content (AvgIpc) is 2.68. The van der Waals surface area contributed by atoms with Gasteiger partial charge in [-0.05, 0) is 54.5 Å². The van der Waals surface area contributed by atoms with E-state index in [0.717, 1.165) is 42.5 Å². The molecule has 0 radical (unpaired) electrons. The molecule has 1 aliphatic carbocycles. The van der Waals surface area contributed by atoms with E-state index in [0.29, 0.717) is 6.42 Å². The van der Waals surface area contributed by atoms with Crippen molar-refractivity contribution >= 4 is 29.9 Å². The Morgan fingerprint density at radius 1 is 1.17 bits per heavy atom. The van der Waals surface area contributed by atoms with Crippen LogP contribution in [0, 0.1) is 0 Å². The molecule has 2 aromatic rings. The number of hydrogen-bond donors (Lipinski definition) is 3. The van der Waals surface area contributed by atoms with Crippen molar-refractivity contribution in [3.63, 3.8) is 0 Å². The number of nitrogens with one attached hydrogen (secondary N) is 2. The van der Waals surface area contributed by atoms with E-state index in [2.05, 4.69) is 10.6 Å². The van der Waals surface area contributed by atoms with Gasteiger partial charge in [-0.3, -0.25) is 9.59 Å². The fraction of sp³-hybridized carbons (Fsp3) is 0.391. The second-order valence-electron chi connectivity index (χ2n) is 7.48. The van der Waals surface area contributed by atoms with Gasteiger partial charge < -0.3 is 16.4 Å². The molecule has 0 saturated heterocycles. The van der Waals surface area contributed by atoms with Crippen molar-refractivity contribution in [1.29, 1.82) is 0 Å². The SMILES string of the molecule is CCCC(NC(=O)Cc1ccccc1)C(=O)NC1CCCc2cc(N)ccc21.Cl. The minimum absolute atomic E-state index is 0. The van der Waals surface area contributed by atoms with Crippen LogP contribution in [0.4, 0.5) is 5.69 Å². The number of rotatable bonds is 7. The molecule has 156 valence electrons. The molecule has 0 spiro atoms. The van der Waals surface area contributed by atoms with Crippen molar-refractivity contribution in [2.24, 2.45) is 0 Å². The van der Waals surface area contributed by atoms with Crippen LogP contribution in [-0.4, -0.2) is 17.9 Å². The zero-order valence-electron chi connectivity index (χ0n) is 16.8. The molecular formula is C23H30ClN3O2. The molecule has 29 heavy (non-hydrogen) atoms. The first-order valence-electron chi connectivity index (χ1n) is 10.1. The molecule has 2 atom stereocenters. The minimum atomic E-state index is -0.514. The van der Waals surface area contributed by atoms with Crippen molar-refractivity contribution in [2.45, 2.75) is 57.5 Å². The molecule has 4 N–H and O–H groups in total. The standard InChI is InChI=1S/C23H29N3O2.ClH/c1-2-7-21(25-22(27)14-16-8-4-3-5-9-16)23(28)26-20-11-6-10-17-15-18(24)12-13-19(17)20;/h3-5,8-9,12-13,15,20-21H,2,6-7,10-11,14,24H2,1H3,(H,25,27)(H,26,28);1H. The van der Waals surface area contributed by atoms with E-state index < -0.39 is 6.04 Å². The Labute approximate surface area is 178 Å². The van der Waals surface area contributed by atoms with Crippen molar-refractivity contribution in [2.75, 3.05) is 5.73 Å². The Morgan fingerprint density at radius 3 is 2.66 bits per heavy atom. The highest BCUT2D eigenvalue weighted by Crippen LogP contribution is 2.31. The molecule has 5 nitrogen and oxygen atoms in total. The van der Waals surface area contributed by atoms with Crippen molar-refractivity contribution in [3.8, 4) is 0 Å². The Bertz CT molecular complexity index is 826. The molecule has 0 fully saturated rings. The number of amides is 2. The minimum Gasteiger partial charge on any atom is -0.399 e. The molecular weight excluding hydrogens is 386 g/mol. The van der Waals surface area contributed by atoms with Gasteiger partial charge >= 0.3 is 0 Å². The first-order valence-corrected chi connectivity index (χ1v) is 10.1. The normalized spacial score (nSPS) is 16.1. The second kappa shape index (κ2) is 10.9. The van der Waals surface area contributed by atoms with Gasteiger partial charge in [-0.1, -0.05) is 49.7 Å². The molecule has 2 aromatic carbocycles. The largest absolute Gasteiger partial charge is 0.399 e. The number of hydrogen-bond acceptors (Lipinski definition) is 3. The maximum atomic E-state index is 12.9. The third-order valence-electron chi connectivity index (χ3n) is 5.23. The topological polar surface area (TPSA) is 84.2 Å². The third kappa shape index (κ3) is 6.23. The summed E-state index contributed by atoms with van der Waals surface area (Å²) in [5.74, 6) is -0.241. The lowest BCUT2D eigenvalue weighted by molar-refractivity contribution is -0.129. The Kier molecular flexibility index (Phi) is 8.52. The van der Waals surface area contributed by atoms with Crippen LogP contribution in [-0.2, 0) is 22.4 Å². The molecule has 0 heterocycles. The highest BCUT2D eigenvalue weighted by molar-refractivity contribution is 5.88. The van der Waals surface area contributed by atoms with Crippen molar-refractivity contribution in [3.05, 3.63) is 65.2 Å². The number of carbonyl (C=O) groups excluding carboxylic acids is 2. The molecule has 2 unspecified atom stereocenters. The second-order valence-corrected chi connectivity index (χ2v) is 7.48. The van der Waals surface area contributed by atoms with Gasteiger partial charge in [0.2, 0.25) is 11.8 Å². The van der Waals surface area contributed by atoms with E-state index in [9.17, 15) is 9.59 Å². The van der Waals surface area contributed by atoms with Crippen LogP contribution < -0.4 is 16.4 Å². The Hall–Kier alpha value is -2.53. The fourth-order valence-electron chi connectivity index (χ4n) is 3.84. The lowest BCUT2D eigenvalue weighted by Gasteiger charge is -2.28. The van der Waals surface area contributed by atoms with Crippen LogP contribution in [0.5, 0.6) is 0 Å². The Morgan fingerprint density at radius 2 is 1.93 bits per heavy atom. The molecule has 3 rings (SSSR count). The van der Waals surface area contributed by atoms with Crippen molar-refractivity contribution < 1.29 is 9.59 Å². The lowest BCUT2D eigenvalue weighted by atomic mass is 9.87. The highest BCUT2D eigenvalue weighted by Gasteiger charge is 2.26. The number of benzene rings is 2. The predicted molar refractivity (Wildman–Crippen MR) is 119 cm³/mol. The fourth-order valence-corrected chi connectivity index (χ4v) is 3.84. The van der Waals surface area contributed by atoms with E-state index in [4.69, 9.17) is 5.73 Å². The first kappa shape index (κ1) is 22.8. The summed E-state index contributed by atoms with van der Waals surface area (Å²) in [5, 5.41) is 6.07. The Balaban J connectivity index is 0.00000300. The first-order chi connectivity index (χ1) is 13.6. The van der Waals surface area contributed by atoms with Gasteiger partial charge in [-0.25, -0.2) is 0 Å². The van der Waals surface area contributed by atoms with Gasteiger partial charge in [0.15, 0.2) is 0 Å². The van der Waals surface area contributed by atoms with E-state index in [1.807, 2.05) is 55.5 Å². The average molecular weight is 416 g/mol. The number of anilines is 1. The molecule has 0 bridgehead atoms. The summed E-state index contributed by atoms with van der Waals surface area (Å²) in [6, 6.07) is 14.9. The van der Waals surface area contributed by atoms with Crippen LogP contribution in [0.25, 0.3) is 0 Å². The highest BCUT2D eigenvalue weighted by atomic mass is 35.5. The number of nitrogens with two attached hydrogens (primary N) is 1. The summed E-state index contributed by atoms with van der Waals surface area (Å²) in [6.45, 7) is 2.02. The van der Waals surface area contributed by atoms with Gasteiger partial charge in [0.1, 0.15) is 6.04 Å². The quantitative estimate of drug-likeness (QED) is 0.602. The number of aryl methyl sites for hydroxylation is 1. The number of nitrogen functional groups attached to an aromatic ring is 1. The summed E-state index contributed by atoms with van der Waals surface area (Å²) < 4.78 is 0. The molecule has 0 saturated carbocycles.